The van der Waals surface area contributed by atoms with E-state index in [9.17, 15) is 9.18 Å². The first-order valence-electron chi connectivity index (χ1n) is 7.67. The molecule has 0 aliphatic carbocycles. The summed E-state index contributed by atoms with van der Waals surface area (Å²) in [5.74, 6) is 0.0933. The molecule has 0 aliphatic rings. The van der Waals surface area contributed by atoms with E-state index >= 15 is 0 Å². The zero-order valence-electron chi connectivity index (χ0n) is 13.2. The van der Waals surface area contributed by atoms with Gasteiger partial charge in [-0.05, 0) is 48.6 Å². The Morgan fingerprint density at radius 1 is 1.16 bits per heavy atom. The van der Waals surface area contributed by atoms with E-state index in [2.05, 4.69) is 10.3 Å². The fourth-order valence-electron chi connectivity index (χ4n) is 2.32. The maximum absolute atomic E-state index is 13.1. The number of benzene rings is 2. The molecule has 5 nitrogen and oxygen atoms in total. The molecule has 0 spiro atoms. The van der Waals surface area contributed by atoms with Gasteiger partial charge in [0.15, 0.2) is 4.77 Å². The number of hydrogen-bond donors (Lipinski definition) is 2. The normalized spacial score (nSPS) is 10.4. The molecule has 1 aromatic heterocycles. The number of imidazole rings is 1. The second-order valence-corrected chi connectivity index (χ2v) is 5.60. The van der Waals surface area contributed by atoms with Crippen molar-refractivity contribution in [3.63, 3.8) is 0 Å². The molecular formula is C18H16FN3O2S. The number of nitrogens with zero attached hydrogens (tertiary/aromatic N) is 1. The van der Waals surface area contributed by atoms with E-state index < -0.39 is 0 Å². The lowest BCUT2D eigenvalue weighted by molar-refractivity contribution is 0.0940. The van der Waals surface area contributed by atoms with Gasteiger partial charge in [-0.25, -0.2) is 4.39 Å². The molecule has 0 fully saturated rings. The van der Waals surface area contributed by atoms with Crippen LogP contribution in [-0.2, 0) is 0 Å². The van der Waals surface area contributed by atoms with Crippen molar-refractivity contribution in [2.24, 2.45) is 0 Å². The average Bonchev–Trinajstić information content (AvgIpc) is 3.02. The molecule has 0 saturated heterocycles. The van der Waals surface area contributed by atoms with Gasteiger partial charge in [-0.1, -0.05) is 18.2 Å². The number of para-hydroxylation sites is 1. The van der Waals surface area contributed by atoms with Crippen LogP contribution in [0.2, 0.25) is 0 Å². The zero-order chi connectivity index (χ0) is 17.6. The quantitative estimate of drug-likeness (QED) is 0.524. The van der Waals surface area contributed by atoms with Gasteiger partial charge >= 0.3 is 0 Å². The van der Waals surface area contributed by atoms with E-state index in [4.69, 9.17) is 17.0 Å². The molecule has 0 unspecified atom stereocenters. The van der Waals surface area contributed by atoms with Crippen molar-refractivity contribution in [3.05, 3.63) is 77.1 Å². The van der Waals surface area contributed by atoms with E-state index in [0.29, 0.717) is 29.3 Å². The fraction of sp³-hybridized carbons (Fsp3) is 0.111. The van der Waals surface area contributed by atoms with Crippen molar-refractivity contribution < 1.29 is 13.9 Å². The summed E-state index contributed by atoms with van der Waals surface area (Å²) in [7, 11) is 0. The maximum Gasteiger partial charge on any atom is 0.269 e. The van der Waals surface area contributed by atoms with Crippen LogP contribution >= 0.6 is 12.2 Å². The van der Waals surface area contributed by atoms with Gasteiger partial charge in [-0.3, -0.25) is 9.36 Å². The molecule has 0 aliphatic heterocycles. The van der Waals surface area contributed by atoms with E-state index in [-0.39, 0.29) is 11.7 Å². The highest BCUT2D eigenvalue weighted by molar-refractivity contribution is 7.71. The molecule has 7 heteroatoms. The van der Waals surface area contributed by atoms with Crippen molar-refractivity contribution in [3.8, 4) is 11.4 Å². The standard InChI is InChI=1S/C18H16FN3O2S/c19-13-6-8-14(9-7-13)22-16(12-21-18(22)25)17(23)20-10-11-24-15-4-2-1-3-5-15/h1-9,12H,10-11H2,(H,20,23)(H,21,25). The minimum absolute atomic E-state index is 0.298. The van der Waals surface area contributed by atoms with Gasteiger partial charge in [0.25, 0.3) is 5.91 Å². The first-order valence-corrected chi connectivity index (χ1v) is 8.08. The molecule has 25 heavy (non-hydrogen) atoms. The third-order valence-corrected chi connectivity index (χ3v) is 3.79. The van der Waals surface area contributed by atoms with Crippen molar-refractivity contribution in [1.82, 2.24) is 14.9 Å². The van der Waals surface area contributed by atoms with Crippen LogP contribution in [0.1, 0.15) is 10.5 Å². The highest BCUT2D eigenvalue weighted by Gasteiger charge is 2.14. The predicted molar refractivity (Wildman–Crippen MR) is 95.2 cm³/mol. The summed E-state index contributed by atoms with van der Waals surface area (Å²) in [6.07, 6.45) is 1.53. The summed E-state index contributed by atoms with van der Waals surface area (Å²) >= 11 is 5.22. The number of amides is 1. The Bertz CT molecular complexity index is 904. The number of hydrogen-bond acceptors (Lipinski definition) is 3. The van der Waals surface area contributed by atoms with Crippen molar-refractivity contribution in [2.75, 3.05) is 13.2 Å². The van der Waals surface area contributed by atoms with Gasteiger partial charge in [-0.15, -0.1) is 0 Å². The number of H-pyrrole nitrogens is 1. The van der Waals surface area contributed by atoms with Gasteiger partial charge in [0.1, 0.15) is 23.9 Å². The van der Waals surface area contributed by atoms with Gasteiger partial charge in [0, 0.05) is 11.9 Å². The lowest BCUT2D eigenvalue weighted by Crippen LogP contribution is -2.29. The van der Waals surface area contributed by atoms with Gasteiger partial charge in [-0.2, -0.15) is 0 Å². The lowest BCUT2D eigenvalue weighted by Gasteiger charge is -2.10. The molecule has 0 bridgehead atoms. The van der Waals surface area contributed by atoms with Crippen molar-refractivity contribution in [2.45, 2.75) is 0 Å². The minimum atomic E-state index is -0.352. The number of carbonyl (C=O) groups is 1. The number of nitrogens with one attached hydrogen (secondary N) is 2. The topological polar surface area (TPSA) is 59.0 Å². The Morgan fingerprint density at radius 2 is 1.88 bits per heavy atom. The van der Waals surface area contributed by atoms with Crippen LogP contribution in [0.4, 0.5) is 4.39 Å². The molecule has 0 radical (unpaired) electrons. The predicted octanol–water partition coefficient (Wildman–Crippen LogP) is 3.48. The second kappa shape index (κ2) is 7.76. The highest BCUT2D eigenvalue weighted by Crippen LogP contribution is 2.14. The molecule has 0 atom stereocenters. The Labute approximate surface area is 149 Å². The number of aromatic amines is 1. The molecule has 1 amide bonds. The molecule has 2 aromatic carbocycles. The van der Waals surface area contributed by atoms with E-state index in [1.807, 2.05) is 30.3 Å². The Morgan fingerprint density at radius 3 is 2.60 bits per heavy atom. The number of halogens is 1. The van der Waals surface area contributed by atoms with Gasteiger partial charge < -0.3 is 15.0 Å². The van der Waals surface area contributed by atoms with E-state index in [1.165, 1.54) is 18.3 Å². The largest absolute Gasteiger partial charge is 0.492 e. The summed E-state index contributed by atoms with van der Waals surface area (Å²) in [6, 6.07) is 15.1. The van der Waals surface area contributed by atoms with Crippen LogP contribution in [0.3, 0.4) is 0 Å². The van der Waals surface area contributed by atoms with E-state index in [0.717, 1.165) is 5.75 Å². The average molecular weight is 357 g/mol. The molecular weight excluding hydrogens is 341 g/mol. The summed E-state index contributed by atoms with van der Waals surface area (Å²) in [4.78, 5) is 15.2. The third-order valence-electron chi connectivity index (χ3n) is 3.49. The van der Waals surface area contributed by atoms with Crippen LogP contribution in [0, 0.1) is 10.6 Å². The first kappa shape index (κ1) is 16.9. The summed E-state index contributed by atoms with van der Waals surface area (Å²) in [6.45, 7) is 0.687. The number of rotatable bonds is 6. The molecule has 3 rings (SSSR count). The molecule has 1 heterocycles. The van der Waals surface area contributed by atoms with Crippen LogP contribution < -0.4 is 10.1 Å². The van der Waals surface area contributed by atoms with Crippen LogP contribution in [0.25, 0.3) is 5.69 Å². The number of aromatic nitrogens is 2. The maximum atomic E-state index is 13.1. The molecule has 128 valence electrons. The molecule has 0 saturated carbocycles. The smallest absolute Gasteiger partial charge is 0.269 e. The van der Waals surface area contributed by atoms with Crippen LogP contribution in [-0.4, -0.2) is 28.6 Å². The Balaban J connectivity index is 1.65. The van der Waals surface area contributed by atoms with Crippen molar-refractivity contribution >= 4 is 18.1 Å². The van der Waals surface area contributed by atoms with Crippen LogP contribution in [0.15, 0.2) is 60.8 Å². The minimum Gasteiger partial charge on any atom is -0.492 e. The molecule has 3 aromatic rings. The second-order valence-electron chi connectivity index (χ2n) is 5.21. The summed E-state index contributed by atoms with van der Waals surface area (Å²) < 4.78 is 20.5. The summed E-state index contributed by atoms with van der Waals surface area (Å²) in [5.41, 5.74) is 0.953. The monoisotopic (exact) mass is 357 g/mol. The Kier molecular flexibility index (Phi) is 5.25. The lowest BCUT2D eigenvalue weighted by atomic mass is 10.3. The first-order chi connectivity index (χ1) is 12.1. The summed E-state index contributed by atoms with van der Waals surface area (Å²) in [5, 5.41) is 2.78. The Hall–Kier alpha value is -2.93. The third kappa shape index (κ3) is 4.13. The van der Waals surface area contributed by atoms with Crippen molar-refractivity contribution in [1.29, 1.82) is 0 Å². The SMILES string of the molecule is O=C(NCCOc1ccccc1)c1c[nH]c(=S)n1-c1ccc(F)cc1. The van der Waals surface area contributed by atoms with Gasteiger partial charge in [0.05, 0.1) is 6.54 Å². The zero-order valence-corrected chi connectivity index (χ0v) is 14.1. The number of ether oxygens (including phenoxy) is 1. The van der Waals surface area contributed by atoms with E-state index in [1.54, 1.807) is 16.7 Å². The van der Waals surface area contributed by atoms with Gasteiger partial charge in [0.2, 0.25) is 0 Å². The highest BCUT2D eigenvalue weighted by atomic mass is 32.1. The fourth-order valence-corrected chi connectivity index (χ4v) is 2.59. The number of carbonyl (C=O) groups excluding carboxylic acids is 1. The molecule has 2 N–H and O–H groups in total. The van der Waals surface area contributed by atoms with Crippen LogP contribution in [0.5, 0.6) is 5.75 Å².